The van der Waals surface area contributed by atoms with Gasteiger partial charge in [0.05, 0.1) is 0 Å². The van der Waals surface area contributed by atoms with Crippen LogP contribution < -0.4 is 5.32 Å². The molecule has 0 aromatic heterocycles. The standard InChI is InChI=1S/C15H27F2N3/c16-15(17)4-1-2-13(10-15)11-19-7-3-14(12-19)20-8-5-18-6-9-20/h13-14,18H,1-12H2. The Hall–Kier alpha value is -0.260. The first-order valence-corrected chi connectivity index (χ1v) is 8.17. The molecule has 116 valence electrons. The van der Waals surface area contributed by atoms with E-state index in [1.165, 1.54) is 6.42 Å². The number of piperazine rings is 1. The highest BCUT2D eigenvalue weighted by molar-refractivity contribution is 4.88. The molecular weight excluding hydrogens is 260 g/mol. The summed E-state index contributed by atoms with van der Waals surface area (Å²) >= 11 is 0. The van der Waals surface area contributed by atoms with Gasteiger partial charge in [0, 0.05) is 58.2 Å². The van der Waals surface area contributed by atoms with Gasteiger partial charge in [0.1, 0.15) is 0 Å². The molecule has 2 heterocycles. The minimum Gasteiger partial charge on any atom is -0.314 e. The molecule has 0 aromatic rings. The number of hydrogen-bond acceptors (Lipinski definition) is 3. The Bertz CT molecular complexity index is 318. The minimum absolute atomic E-state index is 0.104. The molecule has 2 atom stereocenters. The van der Waals surface area contributed by atoms with Gasteiger partial charge in [0.2, 0.25) is 5.92 Å². The van der Waals surface area contributed by atoms with Crippen LogP contribution in [0.15, 0.2) is 0 Å². The van der Waals surface area contributed by atoms with Crippen LogP contribution in [0.25, 0.3) is 0 Å². The summed E-state index contributed by atoms with van der Waals surface area (Å²) in [6.45, 7) is 7.52. The van der Waals surface area contributed by atoms with Gasteiger partial charge in [-0.15, -0.1) is 0 Å². The van der Waals surface area contributed by atoms with Crippen LogP contribution >= 0.6 is 0 Å². The number of nitrogens with zero attached hydrogens (tertiary/aromatic N) is 2. The Morgan fingerprint density at radius 3 is 2.65 bits per heavy atom. The maximum atomic E-state index is 13.5. The molecule has 0 spiro atoms. The van der Waals surface area contributed by atoms with Crippen molar-refractivity contribution >= 4 is 0 Å². The number of alkyl halides is 2. The molecule has 3 aliphatic rings. The Kier molecular flexibility index (Phi) is 4.58. The second kappa shape index (κ2) is 6.24. The topological polar surface area (TPSA) is 18.5 Å². The van der Waals surface area contributed by atoms with Crippen molar-refractivity contribution in [1.29, 1.82) is 0 Å². The van der Waals surface area contributed by atoms with Crippen LogP contribution in [0.2, 0.25) is 0 Å². The predicted octanol–water partition coefficient (Wildman–Crippen LogP) is 1.79. The molecule has 3 nitrogen and oxygen atoms in total. The number of halogens is 2. The van der Waals surface area contributed by atoms with E-state index in [0.29, 0.717) is 12.5 Å². The zero-order chi connectivity index (χ0) is 14.0. The fourth-order valence-corrected chi connectivity index (χ4v) is 4.12. The van der Waals surface area contributed by atoms with Crippen LogP contribution in [0.1, 0.15) is 32.1 Å². The summed E-state index contributed by atoms with van der Waals surface area (Å²) in [7, 11) is 0. The average Bonchev–Trinajstić information content (AvgIpc) is 2.87. The zero-order valence-electron chi connectivity index (χ0n) is 12.3. The average molecular weight is 287 g/mol. The smallest absolute Gasteiger partial charge is 0.248 e. The Morgan fingerprint density at radius 1 is 1.10 bits per heavy atom. The number of rotatable bonds is 3. The minimum atomic E-state index is -2.40. The normalized spacial score (nSPS) is 36.3. The van der Waals surface area contributed by atoms with Crippen molar-refractivity contribution < 1.29 is 8.78 Å². The van der Waals surface area contributed by atoms with E-state index in [1.807, 2.05) is 0 Å². The third-order valence-corrected chi connectivity index (χ3v) is 5.17. The first-order chi connectivity index (χ1) is 9.62. The maximum absolute atomic E-state index is 13.5. The molecule has 20 heavy (non-hydrogen) atoms. The predicted molar refractivity (Wildman–Crippen MR) is 76.2 cm³/mol. The number of nitrogens with one attached hydrogen (secondary N) is 1. The van der Waals surface area contributed by atoms with E-state index in [0.717, 1.165) is 52.2 Å². The Labute approximate surface area is 120 Å². The van der Waals surface area contributed by atoms with Crippen LogP contribution in [0.4, 0.5) is 8.78 Å². The summed E-state index contributed by atoms with van der Waals surface area (Å²) in [5, 5.41) is 3.39. The van der Waals surface area contributed by atoms with Crippen molar-refractivity contribution in [3.05, 3.63) is 0 Å². The molecule has 0 bridgehead atoms. The van der Waals surface area contributed by atoms with Crippen molar-refractivity contribution in [2.45, 2.75) is 44.1 Å². The summed E-state index contributed by atoms with van der Waals surface area (Å²) in [6, 6.07) is 0.654. The monoisotopic (exact) mass is 287 g/mol. The van der Waals surface area contributed by atoms with E-state index in [1.54, 1.807) is 0 Å². The molecule has 5 heteroatoms. The molecule has 2 aliphatic heterocycles. The highest BCUT2D eigenvalue weighted by Crippen LogP contribution is 2.37. The van der Waals surface area contributed by atoms with Gasteiger partial charge in [0.15, 0.2) is 0 Å². The summed E-state index contributed by atoms with van der Waals surface area (Å²) in [6.07, 6.45) is 3.12. The second-order valence-electron chi connectivity index (χ2n) is 6.81. The van der Waals surface area contributed by atoms with Gasteiger partial charge in [-0.3, -0.25) is 4.90 Å². The molecule has 0 amide bonds. The lowest BCUT2D eigenvalue weighted by Crippen LogP contribution is -2.49. The molecule has 2 saturated heterocycles. The van der Waals surface area contributed by atoms with Crippen molar-refractivity contribution in [1.82, 2.24) is 15.1 Å². The number of hydrogen-bond donors (Lipinski definition) is 1. The summed E-state index contributed by atoms with van der Waals surface area (Å²) in [5.41, 5.74) is 0. The van der Waals surface area contributed by atoms with Crippen LogP contribution in [-0.4, -0.2) is 67.6 Å². The van der Waals surface area contributed by atoms with Gasteiger partial charge in [-0.1, -0.05) is 0 Å². The highest BCUT2D eigenvalue weighted by atomic mass is 19.3. The fraction of sp³-hybridized carbons (Fsp3) is 1.00. The zero-order valence-corrected chi connectivity index (χ0v) is 12.3. The largest absolute Gasteiger partial charge is 0.314 e. The van der Waals surface area contributed by atoms with Gasteiger partial charge in [-0.05, 0) is 31.7 Å². The van der Waals surface area contributed by atoms with E-state index in [2.05, 4.69) is 15.1 Å². The first-order valence-electron chi connectivity index (χ1n) is 8.17. The lowest BCUT2D eigenvalue weighted by Gasteiger charge is -2.34. The second-order valence-corrected chi connectivity index (χ2v) is 6.81. The molecule has 3 fully saturated rings. The van der Waals surface area contributed by atoms with Crippen molar-refractivity contribution in [3.63, 3.8) is 0 Å². The SMILES string of the molecule is FC1(F)CCCC(CN2CCC(N3CCNCC3)C2)C1. The summed E-state index contributed by atoms with van der Waals surface area (Å²) < 4.78 is 26.9. The summed E-state index contributed by atoms with van der Waals surface area (Å²) in [5.74, 6) is -2.19. The molecule has 0 radical (unpaired) electrons. The molecule has 1 N–H and O–H groups in total. The molecule has 3 rings (SSSR count). The Morgan fingerprint density at radius 2 is 1.90 bits per heavy atom. The van der Waals surface area contributed by atoms with Crippen molar-refractivity contribution in [2.24, 2.45) is 5.92 Å². The highest BCUT2D eigenvalue weighted by Gasteiger charge is 2.38. The van der Waals surface area contributed by atoms with Crippen molar-refractivity contribution in [3.8, 4) is 0 Å². The van der Waals surface area contributed by atoms with E-state index < -0.39 is 5.92 Å². The first kappa shape index (κ1) is 14.7. The van der Waals surface area contributed by atoms with Gasteiger partial charge < -0.3 is 10.2 Å². The van der Waals surface area contributed by atoms with Gasteiger partial charge in [-0.2, -0.15) is 0 Å². The maximum Gasteiger partial charge on any atom is 0.248 e. The van der Waals surface area contributed by atoms with E-state index >= 15 is 0 Å². The molecule has 2 unspecified atom stereocenters. The van der Waals surface area contributed by atoms with Crippen LogP contribution in [0, 0.1) is 5.92 Å². The molecule has 0 aromatic carbocycles. The van der Waals surface area contributed by atoms with E-state index in [4.69, 9.17) is 0 Å². The number of likely N-dealkylation sites (tertiary alicyclic amines) is 1. The van der Waals surface area contributed by atoms with Crippen LogP contribution in [0.3, 0.4) is 0 Å². The van der Waals surface area contributed by atoms with E-state index in [9.17, 15) is 8.78 Å². The Balaban J connectivity index is 1.45. The van der Waals surface area contributed by atoms with Gasteiger partial charge in [-0.25, -0.2) is 8.78 Å². The molecule has 1 saturated carbocycles. The van der Waals surface area contributed by atoms with Gasteiger partial charge in [0.25, 0.3) is 0 Å². The van der Waals surface area contributed by atoms with Crippen LogP contribution in [0.5, 0.6) is 0 Å². The van der Waals surface area contributed by atoms with Crippen molar-refractivity contribution in [2.75, 3.05) is 45.8 Å². The third kappa shape index (κ3) is 3.68. The van der Waals surface area contributed by atoms with Gasteiger partial charge >= 0.3 is 0 Å². The quantitative estimate of drug-likeness (QED) is 0.854. The third-order valence-electron chi connectivity index (χ3n) is 5.17. The lowest BCUT2D eigenvalue weighted by atomic mass is 9.86. The molecule has 1 aliphatic carbocycles. The van der Waals surface area contributed by atoms with E-state index in [-0.39, 0.29) is 18.8 Å². The fourth-order valence-electron chi connectivity index (χ4n) is 4.12. The lowest BCUT2D eigenvalue weighted by molar-refractivity contribution is -0.0562. The van der Waals surface area contributed by atoms with Crippen LogP contribution in [-0.2, 0) is 0 Å². The molecular formula is C15H27F2N3. The summed E-state index contributed by atoms with van der Waals surface area (Å²) in [4.78, 5) is 5.00.